The van der Waals surface area contributed by atoms with Gasteiger partial charge in [-0.1, -0.05) is 32.9 Å². The molecule has 0 spiro atoms. The lowest BCUT2D eigenvalue weighted by Crippen LogP contribution is -2.50. The van der Waals surface area contributed by atoms with Gasteiger partial charge in [0.15, 0.2) is 0 Å². The molecule has 0 aromatic rings. The van der Waals surface area contributed by atoms with Crippen LogP contribution >= 0.6 is 0 Å². The Hall–Kier alpha value is -1.03. The van der Waals surface area contributed by atoms with Crippen molar-refractivity contribution in [2.45, 2.75) is 52.1 Å². The van der Waals surface area contributed by atoms with E-state index in [0.717, 1.165) is 12.8 Å². The average Bonchev–Trinajstić information content (AvgIpc) is 2.68. The number of rotatable bonds is 4. The summed E-state index contributed by atoms with van der Waals surface area (Å²) < 4.78 is 0. The van der Waals surface area contributed by atoms with Gasteiger partial charge in [-0.25, -0.2) is 4.79 Å². The molecule has 0 saturated carbocycles. The molecular weight excluding hydrogens is 216 g/mol. The molecule has 0 aliphatic heterocycles. The van der Waals surface area contributed by atoms with E-state index in [1.54, 1.807) is 0 Å². The second-order valence-corrected chi connectivity index (χ2v) is 5.69. The summed E-state index contributed by atoms with van der Waals surface area (Å²) in [7, 11) is 0. The first-order valence-corrected chi connectivity index (χ1v) is 6.26. The topological polar surface area (TPSA) is 61.4 Å². The van der Waals surface area contributed by atoms with Crippen LogP contribution in [0.2, 0.25) is 0 Å². The van der Waals surface area contributed by atoms with E-state index in [9.17, 15) is 4.79 Å². The molecule has 3 N–H and O–H groups in total. The molecule has 0 radical (unpaired) electrons. The number of carbonyl (C=O) groups is 1. The van der Waals surface area contributed by atoms with Gasteiger partial charge in [0.2, 0.25) is 0 Å². The average molecular weight is 240 g/mol. The molecule has 0 aromatic heterocycles. The first kappa shape index (κ1) is 14.0. The van der Waals surface area contributed by atoms with Crippen molar-refractivity contribution in [1.29, 1.82) is 0 Å². The molecule has 1 atom stereocenters. The first-order chi connectivity index (χ1) is 7.93. The SMILES string of the molecule is CC(C)(C)C(CCO)NC(=O)NC1CC=CC1. The monoisotopic (exact) mass is 240 g/mol. The highest BCUT2D eigenvalue weighted by Crippen LogP contribution is 2.21. The Morgan fingerprint density at radius 1 is 1.41 bits per heavy atom. The van der Waals surface area contributed by atoms with Crippen molar-refractivity contribution in [1.82, 2.24) is 10.6 Å². The van der Waals surface area contributed by atoms with Gasteiger partial charge in [-0.2, -0.15) is 0 Å². The lowest BCUT2D eigenvalue weighted by molar-refractivity contribution is 0.188. The maximum absolute atomic E-state index is 11.8. The van der Waals surface area contributed by atoms with E-state index >= 15 is 0 Å². The van der Waals surface area contributed by atoms with Crippen LogP contribution in [0.1, 0.15) is 40.0 Å². The summed E-state index contributed by atoms with van der Waals surface area (Å²) in [6, 6.07) is 0.0821. The molecule has 0 heterocycles. The Kier molecular flexibility index (Phi) is 5.00. The number of hydrogen-bond donors (Lipinski definition) is 3. The number of urea groups is 1. The summed E-state index contributed by atoms with van der Waals surface area (Å²) in [5, 5.41) is 14.9. The third-order valence-electron chi connectivity index (χ3n) is 3.11. The number of amides is 2. The van der Waals surface area contributed by atoms with E-state index < -0.39 is 0 Å². The quantitative estimate of drug-likeness (QED) is 0.656. The molecule has 0 fully saturated rings. The zero-order valence-corrected chi connectivity index (χ0v) is 11.0. The van der Waals surface area contributed by atoms with Gasteiger partial charge in [0, 0.05) is 18.7 Å². The van der Waals surface area contributed by atoms with Crippen LogP contribution in [0.15, 0.2) is 12.2 Å². The van der Waals surface area contributed by atoms with Crippen LogP contribution in [-0.4, -0.2) is 29.8 Å². The molecular formula is C13H24N2O2. The van der Waals surface area contributed by atoms with Crippen molar-refractivity contribution in [3.05, 3.63) is 12.2 Å². The lowest BCUT2D eigenvalue weighted by atomic mass is 9.85. The second kappa shape index (κ2) is 6.05. The third-order valence-corrected chi connectivity index (χ3v) is 3.11. The van der Waals surface area contributed by atoms with E-state index in [0.29, 0.717) is 6.42 Å². The highest BCUT2D eigenvalue weighted by Gasteiger charge is 2.26. The summed E-state index contributed by atoms with van der Waals surface area (Å²) in [6.45, 7) is 6.27. The smallest absolute Gasteiger partial charge is 0.315 e. The van der Waals surface area contributed by atoms with Gasteiger partial charge in [0.1, 0.15) is 0 Å². The molecule has 4 heteroatoms. The summed E-state index contributed by atoms with van der Waals surface area (Å²) >= 11 is 0. The molecule has 1 rings (SSSR count). The van der Waals surface area contributed by atoms with Crippen LogP contribution in [0.25, 0.3) is 0 Å². The standard InChI is InChI=1S/C13H24N2O2/c1-13(2,3)11(8-9-16)15-12(17)14-10-6-4-5-7-10/h4-5,10-11,16H,6-9H2,1-3H3,(H2,14,15,17). The van der Waals surface area contributed by atoms with Crippen molar-refractivity contribution in [2.75, 3.05) is 6.61 Å². The summed E-state index contributed by atoms with van der Waals surface area (Å²) in [5.74, 6) is 0. The molecule has 1 aliphatic rings. The van der Waals surface area contributed by atoms with Crippen molar-refractivity contribution in [3.63, 3.8) is 0 Å². The molecule has 0 saturated heterocycles. The van der Waals surface area contributed by atoms with Crippen LogP contribution in [0.4, 0.5) is 4.79 Å². The number of aliphatic hydroxyl groups excluding tert-OH is 1. The van der Waals surface area contributed by atoms with Gasteiger partial charge in [-0.05, 0) is 24.7 Å². The number of carbonyl (C=O) groups excluding carboxylic acids is 1. The van der Waals surface area contributed by atoms with Crippen molar-refractivity contribution in [3.8, 4) is 0 Å². The highest BCUT2D eigenvalue weighted by atomic mass is 16.3. The van der Waals surface area contributed by atoms with E-state index in [2.05, 4.69) is 43.6 Å². The third kappa shape index (κ3) is 4.77. The lowest BCUT2D eigenvalue weighted by Gasteiger charge is -2.31. The molecule has 0 bridgehead atoms. The minimum Gasteiger partial charge on any atom is -0.396 e. The summed E-state index contributed by atoms with van der Waals surface area (Å²) in [5.41, 5.74) is -0.0476. The van der Waals surface area contributed by atoms with Gasteiger partial charge < -0.3 is 15.7 Å². The molecule has 98 valence electrons. The Morgan fingerprint density at radius 3 is 2.47 bits per heavy atom. The molecule has 0 aromatic carbocycles. The predicted molar refractivity (Wildman–Crippen MR) is 68.8 cm³/mol. The zero-order valence-electron chi connectivity index (χ0n) is 11.0. The zero-order chi connectivity index (χ0) is 12.9. The fourth-order valence-corrected chi connectivity index (χ4v) is 1.97. The predicted octanol–water partition coefficient (Wildman–Crippen LogP) is 1.80. The van der Waals surface area contributed by atoms with Crippen molar-refractivity contribution in [2.24, 2.45) is 5.41 Å². The van der Waals surface area contributed by atoms with E-state index in [1.165, 1.54) is 0 Å². The molecule has 1 unspecified atom stereocenters. The van der Waals surface area contributed by atoms with E-state index in [-0.39, 0.29) is 30.1 Å². The van der Waals surface area contributed by atoms with E-state index in [1.807, 2.05) is 0 Å². The summed E-state index contributed by atoms with van der Waals surface area (Å²) in [6.07, 6.45) is 6.57. The molecule has 4 nitrogen and oxygen atoms in total. The van der Waals surface area contributed by atoms with Crippen LogP contribution < -0.4 is 10.6 Å². The van der Waals surface area contributed by atoms with Crippen LogP contribution in [0.5, 0.6) is 0 Å². The molecule has 17 heavy (non-hydrogen) atoms. The fraction of sp³-hybridized carbons (Fsp3) is 0.769. The minimum absolute atomic E-state index is 0.0122. The fourth-order valence-electron chi connectivity index (χ4n) is 1.97. The largest absolute Gasteiger partial charge is 0.396 e. The maximum atomic E-state index is 11.8. The van der Waals surface area contributed by atoms with Gasteiger partial charge in [0.05, 0.1) is 0 Å². The Labute approximate surface area is 103 Å². The molecule has 1 aliphatic carbocycles. The minimum atomic E-state index is -0.132. The van der Waals surface area contributed by atoms with Crippen LogP contribution in [0.3, 0.4) is 0 Å². The Morgan fingerprint density at radius 2 is 2.00 bits per heavy atom. The normalized spacial score (nSPS) is 18.1. The van der Waals surface area contributed by atoms with Crippen molar-refractivity contribution >= 4 is 6.03 Å². The van der Waals surface area contributed by atoms with Gasteiger partial charge in [0.25, 0.3) is 0 Å². The van der Waals surface area contributed by atoms with Crippen LogP contribution in [0, 0.1) is 5.41 Å². The highest BCUT2D eigenvalue weighted by molar-refractivity contribution is 5.74. The Balaban J connectivity index is 2.40. The number of aliphatic hydroxyl groups is 1. The van der Waals surface area contributed by atoms with E-state index in [4.69, 9.17) is 5.11 Å². The Bertz CT molecular complexity index is 274. The maximum Gasteiger partial charge on any atom is 0.315 e. The van der Waals surface area contributed by atoms with Gasteiger partial charge in [-0.3, -0.25) is 0 Å². The van der Waals surface area contributed by atoms with Crippen molar-refractivity contribution < 1.29 is 9.90 Å². The van der Waals surface area contributed by atoms with Crippen LogP contribution in [-0.2, 0) is 0 Å². The van der Waals surface area contributed by atoms with Gasteiger partial charge in [-0.15, -0.1) is 0 Å². The second-order valence-electron chi connectivity index (χ2n) is 5.69. The molecule has 2 amide bonds. The number of nitrogens with one attached hydrogen (secondary N) is 2. The first-order valence-electron chi connectivity index (χ1n) is 6.26. The number of hydrogen-bond acceptors (Lipinski definition) is 2. The van der Waals surface area contributed by atoms with Gasteiger partial charge >= 0.3 is 6.03 Å². The summed E-state index contributed by atoms with van der Waals surface area (Å²) in [4.78, 5) is 11.8.